The summed E-state index contributed by atoms with van der Waals surface area (Å²) in [5.41, 5.74) is 5.38. The lowest BCUT2D eigenvalue weighted by atomic mass is 10.2. The lowest BCUT2D eigenvalue weighted by Gasteiger charge is -2.05. The summed E-state index contributed by atoms with van der Waals surface area (Å²) >= 11 is 3.02. The van der Waals surface area contributed by atoms with Gasteiger partial charge in [-0.05, 0) is 47.0 Å². The predicted octanol–water partition coefficient (Wildman–Crippen LogP) is 1.97. The van der Waals surface area contributed by atoms with E-state index in [4.69, 9.17) is 5.73 Å². The Morgan fingerprint density at radius 1 is 1.33 bits per heavy atom. The SMILES string of the molecule is NC(=O)CCCCNC(=O)c1ccc(F)c(Br)c1. The molecule has 0 aromatic heterocycles. The smallest absolute Gasteiger partial charge is 0.251 e. The van der Waals surface area contributed by atoms with Gasteiger partial charge in [-0.25, -0.2) is 4.39 Å². The molecule has 0 heterocycles. The Kier molecular flexibility index (Phi) is 5.77. The van der Waals surface area contributed by atoms with Crippen molar-refractivity contribution in [2.75, 3.05) is 6.54 Å². The molecule has 18 heavy (non-hydrogen) atoms. The Balaban J connectivity index is 2.36. The van der Waals surface area contributed by atoms with Crippen LogP contribution < -0.4 is 11.1 Å². The van der Waals surface area contributed by atoms with Crippen molar-refractivity contribution in [3.05, 3.63) is 34.1 Å². The van der Waals surface area contributed by atoms with Gasteiger partial charge in [0.25, 0.3) is 5.91 Å². The number of carbonyl (C=O) groups excluding carboxylic acids is 2. The average molecular weight is 317 g/mol. The van der Waals surface area contributed by atoms with E-state index in [0.717, 1.165) is 0 Å². The fourth-order valence-electron chi connectivity index (χ4n) is 1.37. The molecule has 0 unspecified atom stereocenters. The van der Waals surface area contributed by atoms with Gasteiger partial charge in [-0.1, -0.05) is 0 Å². The highest BCUT2D eigenvalue weighted by molar-refractivity contribution is 9.10. The molecule has 98 valence electrons. The van der Waals surface area contributed by atoms with Crippen LogP contribution in [0.5, 0.6) is 0 Å². The van der Waals surface area contributed by atoms with Gasteiger partial charge in [-0.3, -0.25) is 9.59 Å². The van der Waals surface area contributed by atoms with Crippen LogP contribution in [0.25, 0.3) is 0 Å². The first-order valence-corrected chi connectivity index (χ1v) is 6.31. The van der Waals surface area contributed by atoms with Crippen molar-refractivity contribution in [2.45, 2.75) is 19.3 Å². The van der Waals surface area contributed by atoms with Crippen LogP contribution in [0.3, 0.4) is 0 Å². The molecule has 0 aliphatic heterocycles. The summed E-state index contributed by atoms with van der Waals surface area (Å²) in [6, 6.07) is 4.07. The molecule has 1 aromatic carbocycles. The second kappa shape index (κ2) is 7.10. The average Bonchev–Trinajstić information content (AvgIpc) is 2.31. The second-order valence-corrected chi connectivity index (χ2v) is 4.66. The van der Waals surface area contributed by atoms with Crippen LogP contribution in [-0.4, -0.2) is 18.4 Å². The summed E-state index contributed by atoms with van der Waals surface area (Å²) < 4.78 is 13.2. The highest BCUT2D eigenvalue weighted by Crippen LogP contribution is 2.16. The fraction of sp³-hybridized carbons (Fsp3) is 0.333. The van der Waals surface area contributed by atoms with Gasteiger partial charge in [0, 0.05) is 18.5 Å². The maximum Gasteiger partial charge on any atom is 0.251 e. The monoisotopic (exact) mass is 316 g/mol. The summed E-state index contributed by atoms with van der Waals surface area (Å²) in [6.45, 7) is 0.459. The topological polar surface area (TPSA) is 72.2 Å². The van der Waals surface area contributed by atoms with E-state index in [-0.39, 0.29) is 16.3 Å². The zero-order valence-electron chi connectivity index (χ0n) is 9.71. The van der Waals surface area contributed by atoms with Gasteiger partial charge in [0.05, 0.1) is 4.47 Å². The van der Waals surface area contributed by atoms with Gasteiger partial charge in [0.2, 0.25) is 5.91 Å². The largest absolute Gasteiger partial charge is 0.370 e. The molecule has 4 nitrogen and oxygen atoms in total. The molecule has 2 amide bonds. The maximum absolute atomic E-state index is 13.0. The van der Waals surface area contributed by atoms with Crippen LogP contribution >= 0.6 is 15.9 Å². The number of nitrogens with one attached hydrogen (secondary N) is 1. The molecule has 0 spiro atoms. The minimum atomic E-state index is -0.409. The number of nitrogens with two attached hydrogens (primary N) is 1. The molecule has 0 saturated heterocycles. The van der Waals surface area contributed by atoms with E-state index in [1.54, 1.807) is 0 Å². The molecule has 3 N–H and O–H groups in total. The van der Waals surface area contributed by atoms with E-state index in [1.807, 2.05) is 0 Å². The fourth-order valence-corrected chi connectivity index (χ4v) is 1.74. The quantitative estimate of drug-likeness (QED) is 0.788. The number of hydrogen-bond donors (Lipinski definition) is 2. The summed E-state index contributed by atoms with van der Waals surface area (Å²) in [4.78, 5) is 22.1. The highest BCUT2D eigenvalue weighted by atomic mass is 79.9. The summed E-state index contributed by atoms with van der Waals surface area (Å²) in [6.07, 6.45) is 1.64. The van der Waals surface area contributed by atoms with Gasteiger partial charge in [-0.2, -0.15) is 0 Å². The Bertz CT molecular complexity index is 452. The second-order valence-electron chi connectivity index (χ2n) is 3.81. The van der Waals surface area contributed by atoms with Crippen molar-refractivity contribution in [3.8, 4) is 0 Å². The molecule has 0 aliphatic carbocycles. The number of halogens is 2. The summed E-state index contributed by atoms with van der Waals surface area (Å²) in [5, 5.41) is 2.69. The predicted molar refractivity (Wildman–Crippen MR) is 69.5 cm³/mol. The first-order chi connectivity index (χ1) is 8.50. The van der Waals surface area contributed by atoms with Gasteiger partial charge < -0.3 is 11.1 Å². The van der Waals surface area contributed by atoms with E-state index in [0.29, 0.717) is 31.4 Å². The summed E-state index contributed by atoms with van der Waals surface area (Å²) in [7, 11) is 0. The zero-order valence-corrected chi connectivity index (χ0v) is 11.3. The Morgan fingerprint density at radius 3 is 2.67 bits per heavy atom. The van der Waals surface area contributed by atoms with Crippen LogP contribution in [0.2, 0.25) is 0 Å². The third kappa shape index (κ3) is 4.83. The molecule has 6 heteroatoms. The lowest BCUT2D eigenvalue weighted by Crippen LogP contribution is -2.24. The number of rotatable bonds is 6. The molecule has 0 aliphatic rings. The molecule has 1 aromatic rings. The number of carbonyl (C=O) groups is 2. The van der Waals surface area contributed by atoms with Crippen LogP contribution in [0.1, 0.15) is 29.6 Å². The van der Waals surface area contributed by atoms with Crippen molar-refractivity contribution in [1.82, 2.24) is 5.32 Å². The van der Waals surface area contributed by atoms with Gasteiger partial charge >= 0.3 is 0 Å². The van der Waals surface area contributed by atoms with E-state index in [1.165, 1.54) is 18.2 Å². The van der Waals surface area contributed by atoms with Gasteiger partial charge in [-0.15, -0.1) is 0 Å². The number of hydrogen-bond acceptors (Lipinski definition) is 2. The highest BCUT2D eigenvalue weighted by Gasteiger charge is 2.07. The van der Waals surface area contributed by atoms with Crippen molar-refractivity contribution < 1.29 is 14.0 Å². The van der Waals surface area contributed by atoms with Crippen LogP contribution in [0.15, 0.2) is 22.7 Å². The number of primary amides is 1. The first kappa shape index (κ1) is 14.6. The van der Waals surface area contributed by atoms with Crippen molar-refractivity contribution in [3.63, 3.8) is 0 Å². The summed E-state index contributed by atoms with van der Waals surface area (Å²) in [5.74, 6) is -1.02. The molecule has 0 fully saturated rings. The van der Waals surface area contributed by atoms with E-state index < -0.39 is 5.82 Å². The van der Waals surface area contributed by atoms with Crippen molar-refractivity contribution in [2.24, 2.45) is 5.73 Å². The van der Waals surface area contributed by atoms with E-state index in [2.05, 4.69) is 21.2 Å². The normalized spacial score (nSPS) is 10.1. The molecular formula is C12H14BrFN2O2. The first-order valence-electron chi connectivity index (χ1n) is 5.52. The number of amides is 2. The number of unbranched alkanes of at least 4 members (excludes halogenated alkanes) is 1. The van der Waals surface area contributed by atoms with Crippen molar-refractivity contribution in [1.29, 1.82) is 0 Å². The van der Waals surface area contributed by atoms with Crippen LogP contribution in [-0.2, 0) is 4.79 Å². The zero-order chi connectivity index (χ0) is 13.5. The van der Waals surface area contributed by atoms with E-state index in [9.17, 15) is 14.0 Å². The minimum absolute atomic E-state index is 0.254. The Labute approximate surface area is 113 Å². The van der Waals surface area contributed by atoms with Gasteiger partial charge in [0.1, 0.15) is 5.82 Å². The third-order valence-electron chi connectivity index (χ3n) is 2.32. The van der Waals surface area contributed by atoms with E-state index >= 15 is 0 Å². The molecule has 0 bridgehead atoms. The van der Waals surface area contributed by atoms with Gasteiger partial charge in [0.15, 0.2) is 0 Å². The maximum atomic E-state index is 13.0. The Morgan fingerprint density at radius 2 is 2.06 bits per heavy atom. The molecule has 0 saturated carbocycles. The molecular weight excluding hydrogens is 303 g/mol. The van der Waals surface area contributed by atoms with Crippen LogP contribution in [0.4, 0.5) is 4.39 Å². The standard InChI is InChI=1S/C12H14BrFN2O2/c13-9-7-8(4-5-10(9)14)12(18)16-6-2-1-3-11(15)17/h4-5,7H,1-3,6H2,(H2,15,17)(H,16,18). The van der Waals surface area contributed by atoms with Crippen molar-refractivity contribution >= 4 is 27.7 Å². The molecule has 0 radical (unpaired) electrons. The lowest BCUT2D eigenvalue weighted by molar-refractivity contribution is -0.118. The Hall–Kier alpha value is -1.43. The molecule has 0 atom stereocenters. The minimum Gasteiger partial charge on any atom is -0.370 e. The van der Waals surface area contributed by atoms with Crippen LogP contribution in [0, 0.1) is 5.82 Å². The number of benzene rings is 1. The molecule has 1 rings (SSSR count). The third-order valence-corrected chi connectivity index (χ3v) is 2.93.